The fourth-order valence-electron chi connectivity index (χ4n) is 1.32. The van der Waals surface area contributed by atoms with Crippen LogP contribution >= 0.6 is 0 Å². The standard InChI is InChI=1S/C12H10N2O4/c13-9-5-7(1-2-11(9)15)18-8-3-4-14-10(6-8)12(16)17/h1-6,15H,13H2,(H,16,17). The molecule has 0 saturated carbocycles. The summed E-state index contributed by atoms with van der Waals surface area (Å²) >= 11 is 0. The summed E-state index contributed by atoms with van der Waals surface area (Å²) in [6.07, 6.45) is 1.34. The number of aromatic nitrogens is 1. The highest BCUT2D eigenvalue weighted by Crippen LogP contribution is 2.28. The van der Waals surface area contributed by atoms with Crippen molar-refractivity contribution in [3.63, 3.8) is 0 Å². The third kappa shape index (κ3) is 2.49. The molecule has 6 nitrogen and oxygen atoms in total. The highest BCUT2D eigenvalue weighted by Gasteiger charge is 2.07. The summed E-state index contributed by atoms with van der Waals surface area (Å²) in [6, 6.07) is 7.17. The Labute approximate surface area is 102 Å². The Balaban J connectivity index is 2.25. The number of nitrogen functional groups attached to an aromatic ring is 1. The highest BCUT2D eigenvalue weighted by atomic mass is 16.5. The van der Waals surface area contributed by atoms with Gasteiger partial charge < -0.3 is 20.7 Å². The van der Waals surface area contributed by atoms with Gasteiger partial charge in [-0.05, 0) is 18.2 Å². The van der Waals surface area contributed by atoms with E-state index >= 15 is 0 Å². The first kappa shape index (κ1) is 11.7. The zero-order chi connectivity index (χ0) is 13.1. The van der Waals surface area contributed by atoms with Crippen LogP contribution in [0.3, 0.4) is 0 Å². The lowest BCUT2D eigenvalue weighted by atomic mass is 10.3. The van der Waals surface area contributed by atoms with Crippen molar-refractivity contribution in [1.29, 1.82) is 0 Å². The van der Waals surface area contributed by atoms with Crippen LogP contribution in [0.4, 0.5) is 5.69 Å². The van der Waals surface area contributed by atoms with Crippen LogP contribution in [0.15, 0.2) is 36.5 Å². The molecule has 2 rings (SSSR count). The van der Waals surface area contributed by atoms with Gasteiger partial charge in [0.15, 0.2) is 5.69 Å². The molecule has 0 radical (unpaired) electrons. The van der Waals surface area contributed by atoms with Gasteiger partial charge in [0, 0.05) is 18.3 Å². The molecule has 1 aromatic carbocycles. The lowest BCUT2D eigenvalue weighted by molar-refractivity contribution is 0.0690. The molecule has 18 heavy (non-hydrogen) atoms. The Morgan fingerprint density at radius 2 is 1.94 bits per heavy atom. The minimum atomic E-state index is -1.13. The molecule has 4 N–H and O–H groups in total. The van der Waals surface area contributed by atoms with E-state index in [1.165, 1.54) is 36.5 Å². The van der Waals surface area contributed by atoms with Gasteiger partial charge in [0.1, 0.15) is 17.2 Å². The monoisotopic (exact) mass is 246 g/mol. The van der Waals surface area contributed by atoms with Crippen molar-refractivity contribution in [2.75, 3.05) is 5.73 Å². The summed E-state index contributed by atoms with van der Waals surface area (Å²) in [5.41, 5.74) is 5.58. The molecule has 0 aliphatic rings. The molecule has 0 fully saturated rings. The Kier molecular flexibility index (Phi) is 3.01. The number of nitrogens with two attached hydrogens (primary N) is 1. The molecule has 0 aliphatic heterocycles. The molecule has 2 aromatic rings. The number of carbonyl (C=O) groups is 1. The van der Waals surface area contributed by atoms with Crippen molar-refractivity contribution in [3.05, 3.63) is 42.2 Å². The lowest BCUT2D eigenvalue weighted by Gasteiger charge is -2.07. The van der Waals surface area contributed by atoms with Crippen LogP contribution in [0.5, 0.6) is 17.2 Å². The Bertz CT molecular complexity index is 598. The van der Waals surface area contributed by atoms with Crippen LogP contribution in [-0.2, 0) is 0 Å². The summed E-state index contributed by atoms with van der Waals surface area (Å²) in [5.74, 6) is -0.450. The van der Waals surface area contributed by atoms with Gasteiger partial charge in [0.25, 0.3) is 0 Å². The second-order valence-electron chi connectivity index (χ2n) is 3.50. The minimum absolute atomic E-state index is 0.0386. The van der Waals surface area contributed by atoms with Crippen molar-refractivity contribution in [2.45, 2.75) is 0 Å². The molecular formula is C12H10N2O4. The largest absolute Gasteiger partial charge is 0.506 e. The fraction of sp³-hybridized carbons (Fsp3) is 0. The molecule has 0 saturated heterocycles. The first-order chi connectivity index (χ1) is 8.56. The topological polar surface area (TPSA) is 106 Å². The Hall–Kier alpha value is -2.76. The summed E-state index contributed by atoms with van der Waals surface area (Å²) in [4.78, 5) is 14.4. The van der Waals surface area contributed by atoms with E-state index in [0.29, 0.717) is 11.5 Å². The molecule has 6 heteroatoms. The highest BCUT2D eigenvalue weighted by molar-refractivity contribution is 5.85. The van der Waals surface area contributed by atoms with Crippen molar-refractivity contribution in [2.24, 2.45) is 0 Å². The SMILES string of the molecule is Nc1cc(Oc2ccnc(C(=O)O)c2)ccc1O. The zero-order valence-electron chi connectivity index (χ0n) is 9.20. The lowest BCUT2D eigenvalue weighted by Crippen LogP contribution is -1.99. The molecule has 0 aliphatic carbocycles. The van der Waals surface area contributed by atoms with E-state index in [-0.39, 0.29) is 17.1 Å². The number of hydrogen-bond acceptors (Lipinski definition) is 5. The van der Waals surface area contributed by atoms with Crippen LogP contribution in [-0.4, -0.2) is 21.2 Å². The van der Waals surface area contributed by atoms with Gasteiger partial charge >= 0.3 is 5.97 Å². The number of carboxylic acids is 1. The molecule has 0 atom stereocenters. The van der Waals surface area contributed by atoms with Crippen molar-refractivity contribution in [3.8, 4) is 17.2 Å². The first-order valence-corrected chi connectivity index (χ1v) is 5.02. The number of aromatic hydroxyl groups is 1. The number of benzene rings is 1. The smallest absolute Gasteiger partial charge is 0.354 e. The van der Waals surface area contributed by atoms with Gasteiger partial charge in [-0.25, -0.2) is 9.78 Å². The number of phenolic OH excluding ortho intramolecular Hbond substituents is 1. The Morgan fingerprint density at radius 1 is 1.22 bits per heavy atom. The summed E-state index contributed by atoms with van der Waals surface area (Å²) in [5, 5.41) is 18.0. The average molecular weight is 246 g/mol. The quantitative estimate of drug-likeness (QED) is 0.563. The van der Waals surface area contributed by atoms with Crippen molar-refractivity contribution < 1.29 is 19.7 Å². The predicted octanol–water partition coefficient (Wildman–Crippen LogP) is 1.86. The normalized spacial score (nSPS) is 10.0. The molecular weight excluding hydrogens is 236 g/mol. The van der Waals surface area contributed by atoms with Gasteiger partial charge in [-0.3, -0.25) is 0 Å². The van der Waals surface area contributed by atoms with Crippen LogP contribution < -0.4 is 10.5 Å². The van der Waals surface area contributed by atoms with E-state index < -0.39 is 5.97 Å². The van der Waals surface area contributed by atoms with Crippen LogP contribution in [0.25, 0.3) is 0 Å². The maximum absolute atomic E-state index is 10.7. The number of phenols is 1. The van der Waals surface area contributed by atoms with Crippen LogP contribution in [0.1, 0.15) is 10.5 Å². The number of carboxylic acid groups (broad SMARTS) is 1. The number of nitrogens with zero attached hydrogens (tertiary/aromatic N) is 1. The predicted molar refractivity (Wildman–Crippen MR) is 63.8 cm³/mol. The number of pyridine rings is 1. The summed E-state index contributed by atoms with van der Waals surface area (Å²) < 4.78 is 5.41. The average Bonchev–Trinajstić information content (AvgIpc) is 2.34. The van der Waals surface area contributed by atoms with Gasteiger partial charge in [0.05, 0.1) is 5.69 Å². The molecule has 1 aromatic heterocycles. The van der Waals surface area contributed by atoms with Gasteiger partial charge in [-0.1, -0.05) is 0 Å². The number of rotatable bonds is 3. The van der Waals surface area contributed by atoms with Crippen molar-refractivity contribution in [1.82, 2.24) is 4.98 Å². The number of aromatic carboxylic acids is 1. The third-order valence-electron chi connectivity index (χ3n) is 2.19. The maximum atomic E-state index is 10.7. The van der Waals surface area contributed by atoms with Crippen LogP contribution in [0.2, 0.25) is 0 Å². The van der Waals surface area contributed by atoms with E-state index in [0.717, 1.165) is 0 Å². The molecule has 0 bridgehead atoms. The molecule has 0 amide bonds. The molecule has 0 unspecified atom stereocenters. The fourth-order valence-corrected chi connectivity index (χ4v) is 1.32. The second-order valence-corrected chi connectivity index (χ2v) is 3.50. The molecule has 0 spiro atoms. The van der Waals surface area contributed by atoms with E-state index in [9.17, 15) is 9.90 Å². The van der Waals surface area contributed by atoms with E-state index in [4.69, 9.17) is 15.6 Å². The number of anilines is 1. The minimum Gasteiger partial charge on any atom is -0.506 e. The number of hydrogen-bond donors (Lipinski definition) is 3. The zero-order valence-corrected chi connectivity index (χ0v) is 9.20. The van der Waals surface area contributed by atoms with Gasteiger partial charge in [-0.2, -0.15) is 0 Å². The van der Waals surface area contributed by atoms with Crippen molar-refractivity contribution >= 4 is 11.7 Å². The number of ether oxygens (including phenoxy) is 1. The Morgan fingerprint density at radius 3 is 2.61 bits per heavy atom. The van der Waals surface area contributed by atoms with E-state index in [1.807, 2.05) is 0 Å². The summed E-state index contributed by atoms with van der Waals surface area (Å²) in [6.45, 7) is 0. The van der Waals surface area contributed by atoms with Crippen LogP contribution in [0, 0.1) is 0 Å². The third-order valence-corrected chi connectivity index (χ3v) is 2.19. The molecule has 92 valence electrons. The van der Waals surface area contributed by atoms with E-state index in [2.05, 4.69) is 4.98 Å². The van der Waals surface area contributed by atoms with Gasteiger partial charge in [0.2, 0.25) is 0 Å². The summed E-state index contributed by atoms with van der Waals surface area (Å²) in [7, 11) is 0. The van der Waals surface area contributed by atoms with Gasteiger partial charge in [-0.15, -0.1) is 0 Å². The first-order valence-electron chi connectivity index (χ1n) is 5.02. The van der Waals surface area contributed by atoms with E-state index in [1.54, 1.807) is 0 Å². The maximum Gasteiger partial charge on any atom is 0.354 e. The second kappa shape index (κ2) is 4.62. The molecule has 1 heterocycles.